The third-order valence-corrected chi connectivity index (χ3v) is 3.16. The highest BCUT2D eigenvalue weighted by Crippen LogP contribution is 2.26. The zero-order valence-corrected chi connectivity index (χ0v) is 11.9. The third kappa shape index (κ3) is 3.38. The SMILES string of the molecule is CC(C)N(Cc1ccccc1)c1ncc(Cl)cc1N. The van der Waals surface area contributed by atoms with E-state index in [0.717, 1.165) is 12.4 Å². The van der Waals surface area contributed by atoms with Gasteiger partial charge in [-0.05, 0) is 25.5 Å². The quantitative estimate of drug-likeness (QED) is 0.924. The molecule has 0 amide bonds. The average Bonchev–Trinajstić information content (AvgIpc) is 2.38. The molecule has 0 spiro atoms. The molecular weight excluding hydrogens is 258 g/mol. The van der Waals surface area contributed by atoms with Crippen molar-refractivity contribution in [3.05, 3.63) is 53.2 Å². The normalized spacial score (nSPS) is 10.7. The minimum atomic E-state index is 0.302. The molecule has 19 heavy (non-hydrogen) atoms. The summed E-state index contributed by atoms with van der Waals surface area (Å²) in [5.41, 5.74) is 7.86. The lowest BCUT2D eigenvalue weighted by atomic mass is 10.2. The number of pyridine rings is 1. The van der Waals surface area contributed by atoms with Gasteiger partial charge < -0.3 is 10.6 Å². The first-order chi connectivity index (χ1) is 9.08. The van der Waals surface area contributed by atoms with Crippen molar-refractivity contribution in [2.75, 3.05) is 10.6 Å². The van der Waals surface area contributed by atoms with Crippen LogP contribution in [-0.2, 0) is 6.54 Å². The molecule has 0 aliphatic heterocycles. The number of hydrogen-bond acceptors (Lipinski definition) is 3. The lowest BCUT2D eigenvalue weighted by molar-refractivity contribution is 0.674. The fourth-order valence-corrected chi connectivity index (χ4v) is 2.14. The first-order valence-electron chi connectivity index (χ1n) is 6.29. The summed E-state index contributed by atoms with van der Waals surface area (Å²) in [6.45, 7) is 5.02. The highest BCUT2D eigenvalue weighted by molar-refractivity contribution is 6.30. The van der Waals surface area contributed by atoms with Gasteiger partial charge in [-0.25, -0.2) is 4.98 Å². The van der Waals surface area contributed by atoms with E-state index in [1.807, 2.05) is 18.2 Å². The second-order valence-corrected chi connectivity index (χ2v) is 5.21. The van der Waals surface area contributed by atoms with Crippen molar-refractivity contribution in [1.29, 1.82) is 0 Å². The van der Waals surface area contributed by atoms with Gasteiger partial charge in [-0.15, -0.1) is 0 Å². The molecule has 2 rings (SSSR count). The molecule has 1 aromatic carbocycles. The number of aromatic nitrogens is 1. The van der Waals surface area contributed by atoms with Crippen LogP contribution >= 0.6 is 11.6 Å². The van der Waals surface area contributed by atoms with E-state index in [4.69, 9.17) is 17.3 Å². The van der Waals surface area contributed by atoms with Crippen molar-refractivity contribution in [1.82, 2.24) is 4.98 Å². The van der Waals surface area contributed by atoms with Crippen LogP contribution in [0.2, 0.25) is 5.02 Å². The van der Waals surface area contributed by atoms with Gasteiger partial charge in [0.05, 0.1) is 10.7 Å². The molecule has 1 heterocycles. The minimum Gasteiger partial charge on any atom is -0.396 e. The van der Waals surface area contributed by atoms with Gasteiger partial charge in [0.15, 0.2) is 5.82 Å². The van der Waals surface area contributed by atoms with Gasteiger partial charge >= 0.3 is 0 Å². The number of nitrogen functional groups attached to an aromatic ring is 1. The number of anilines is 2. The van der Waals surface area contributed by atoms with Crippen LogP contribution < -0.4 is 10.6 Å². The van der Waals surface area contributed by atoms with Gasteiger partial charge in [0.1, 0.15) is 0 Å². The van der Waals surface area contributed by atoms with Gasteiger partial charge in [0.25, 0.3) is 0 Å². The summed E-state index contributed by atoms with van der Waals surface area (Å²) in [5, 5.41) is 0.560. The van der Waals surface area contributed by atoms with Crippen LogP contribution in [0.25, 0.3) is 0 Å². The fourth-order valence-electron chi connectivity index (χ4n) is 1.97. The highest BCUT2D eigenvalue weighted by atomic mass is 35.5. The van der Waals surface area contributed by atoms with E-state index in [1.54, 1.807) is 12.3 Å². The first-order valence-corrected chi connectivity index (χ1v) is 6.67. The molecule has 0 aliphatic carbocycles. The minimum absolute atomic E-state index is 0.302. The smallest absolute Gasteiger partial charge is 0.152 e. The maximum atomic E-state index is 6.03. The summed E-state index contributed by atoms with van der Waals surface area (Å²) < 4.78 is 0. The van der Waals surface area contributed by atoms with Gasteiger partial charge in [0, 0.05) is 18.8 Å². The molecule has 0 fully saturated rings. The summed E-state index contributed by atoms with van der Waals surface area (Å²) in [5.74, 6) is 0.781. The van der Waals surface area contributed by atoms with Crippen molar-refractivity contribution in [2.45, 2.75) is 26.4 Å². The molecule has 0 radical (unpaired) electrons. The van der Waals surface area contributed by atoms with E-state index in [2.05, 4.69) is 35.9 Å². The predicted octanol–water partition coefficient (Wildman–Crippen LogP) is 3.73. The van der Waals surface area contributed by atoms with Crippen LogP contribution in [0.3, 0.4) is 0 Å². The monoisotopic (exact) mass is 275 g/mol. The van der Waals surface area contributed by atoms with E-state index < -0.39 is 0 Å². The fraction of sp³-hybridized carbons (Fsp3) is 0.267. The molecule has 0 bridgehead atoms. The molecule has 0 unspecified atom stereocenters. The van der Waals surface area contributed by atoms with Crippen molar-refractivity contribution in [3.8, 4) is 0 Å². The van der Waals surface area contributed by atoms with E-state index in [1.165, 1.54) is 5.56 Å². The van der Waals surface area contributed by atoms with Crippen molar-refractivity contribution >= 4 is 23.1 Å². The molecule has 2 aromatic rings. The van der Waals surface area contributed by atoms with Crippen LogP contribution in [0, 0.1) is 0 Å². The summed E-state index contributed by atoms with van der Waals surface area (Å²) in [4.78, 5) is 6.53. The summed E-state index contributed by atoms with van der Waals surface area (Å²) in [7, 11) is 0. The van der Waals surface area contributed by atoms with Crippen LogP contribution in [0.4, 0.5) is 11.5 Å². The Kier molecular flexibility index (Phi) is 4.27. The van der Waals surface area contributed by atoms with E-state index >= 15 is 0 Å². The standard InChI is InChI=1S/C15H18ClN3/c1-11(2)19(10-12-6-4-3-5-7-12)15-14(17)8-13(16)9-18-15/h3-9,11H,10,17H2,1-2H3. The molecule has 2 N–H and O–H groups in total. The van der Waals surface area contributed by atoms with Crippen molar-refractivity contribution < 1.29 is 0 Å². The van der Waals surface area contributed by atoms with Crippen LogP contribution in [0.1, 0.15) is 19.4 Å². The topological polar surface area (TPSA) is 42.2 Å². The second-order valence-electron chi connectivity index (χ2n) is 4.77. The lowest BCUT2D eigenvalue weighted by Gasteiger charge is -2.29. The lowest BCUT2D eigenvalue weighted by Crippen LogP contribution is -2.31. The number of benzene rings is 1. The molecule has 0 saturated carbocycles. The van der Waals surface area contributed by atoms with Gasteiger partial charge in [-0.1, -0.05) is 41.9 Å². The molecule has 3 nitrogen and oxygen atoms in total. The first kappa shape index (κ1) is 13.7. The molecule has 1 aromatic heterocycles. The van der Waals surface area contributed by atoms with Crippen molar-refractivity contribution in [2.24, 2.45) is 0 Å². The Labute approximate surface area is 119 Å². The van der Waals surface area contributed by atoms with Gasteiger partial charge in [0.2, 0.25) is 0 Å². The zero-order chi connectivity index (χ0) is 13.8. The Morgan fingerprint density at radius 1 is 1.26 bits per heavy atom. The molecule has 4 heteroatoms. The molecular formula is C15H18ClN3. The Morgan fingerprint density at radius 3 is 2.53 bits per heavy atom. The maximum Gasteiger partial charge on any atom is 0.152 e. The second kappa shape index (κ2) is 5.93. The highest BCUT2D eigenvalue weighted by Gasteiger charge is 2.15. The average molecular weight is 276 g/mol. The van der Waals surface area contributed by atoms with Gasteiger partial charge in [-0.2, -0.15) is 0 Å². The largest absolute Gasteiger partial charge is 0.396 e. The van der Waals surface area contributed by atoms with Crippen molar-refractivity contribution in [3.63, 3.8) is 0 Å². The third-order valence-electron chi connectivity index (χ3n) is 2.95. The summed E-state index contributed by atoms with van der Waals surface area (Å²) >= 11 is 5.90. The summed E-state index contributed by atoms with van der Waals surface area (Å²) in [6.07, 6.45) is 1.63. The number of hydrogen-bond donors (Lipinski definition) is 1. The zero-order valence-electron chi connectivity index (χ0n) is 11.2. The van der Waals surface area contributed by atoms with Crippen LogP contribution in [0.5, 0.6) is 0 Å². The summed E-state index contributed by atoms with van der Waals surface area (Å²) in [6, 6.07) is 12.3. The Balaban J connectivity index is 2.30. The van der Waals surface area contributed by atoms with E-state index in [9.17, 15) is 0 Å². The number of nitrogens with two attached hydrogens (primary N) is 1. The predicted molar refractivity (Wildman–Crippen MR) is 81.4 cm³/mol. The number of rotatable bonds is 4. The number of halogens is 1. The number of nitrogens with zero attached hydrogens (tertiary/aromatic N) is 2. The molecule has 0 atom stereocenters. The van der Waals surface area contributed by atoms with Crippen LogP contribution in [0.15, 0.2) is 42.6 Å². The molecule has 0 aliphatic rings. The van der Waals surface area contributed by atoms with Gasteiger partial charge in [-0.3, -0.25) is 0 Å². The maximum absolute atomic E-state index is 6.03. The van der Waals surface area contributed by atoms with Crippen LogP contribution in [-0.4, -0.2) is 11.0 Å². The van der Waals surface area contributed by atoms with E-state index in [-0.39, 0.29) is 0 Å². The Bertz CT molecular complexity index is 540. The Hall–Kier alpha value is -1.74. The Morgan fingerprint density at radius 2 is 1.95 bits per heavy atom. The molecule has 0 saturated heterocycles. The van der Waals surface area contributed by atoms with E-state index in [0.29, 0.717) is 16.8 Å². The molecule has 100 valence electrons.